The second-order valence-corrected chi connectivity index (χ2v) is 6.67. The molecule has 2 aliphatic rings. The molecule has 3 N–H and O–H groups in total. The summed E-state index contributed by atoms with van der Waals surface area (Å²) in [6.45, 7) is 5.02. The molecule has 0 aromatic rings. The molecule has 2 heterocycles. The largest absolute Gasteiger partial charge is 0.632 e. The second kappa shape index (κ2) is 5.90. The Labute approximate surface area is 130 Å². The van der Waals surface area contributed by atoms with Crippen LogP contribution in [0.25, 0.3) is 0 Å². The minimum atomic E-state index is -1.99. The first kappa shape index (κ1) is 17.4. The van der Waals surface area contributed by atoms with Crippen LogP contribution in [0, 0.1) is 11.1 Å². The van der Waals surface area contributed by atoms with Gasteiger partial charge in [0.25, 0.3) is 0 Å². The SMILES string of the molecule is CC(C)[C@](O)(C(=O)OCC1=CC[N+]2([O-])CC[C@@H](O)[C@@H]12)C(C)O. The van der Waals surface area contributed by atoms with Crippen molar-refractivity contribution in [2.45, 2.75) is 51.0 Å². The highest BCUT2D eigenvalue weighted by molar-refractivity contribution is 5.80. The Kier molecular flexibility index (Phi) is 4.66. The van der Waals surface area contributed by atoms with Crippen LogP contribution in [0.2, 0.25) is 0 Å². The van der Waals surface area contributed by atoms with E-state index in [2.05, 4.69) is 0 Å². The monoisotopic (exact) mass is 315 g/mol. The number of hydrogen-bond acceptors (Lipinski definition) is 6. The number of carbonyl (C=O) groups is 1. The first-order valence-electron chi connectivity index (χ1n) is 7.65. The smallest absolute Gasteiger partial charge is 0.341 e. The Hall–Kier alpha value is -0.990. The maximum absolute atomic E-state index is 12.4. The maximum Gasteiger partial charge on any atom is 0.341 e. The molecule has 7 nitrogen and oxygen atoms in total. The first-order valence-corrected chi connectivity index (χ1v) is 7.65. The van der Waals surface area contributed by atoms with Gasteiger partial charge >= 0.3 is 5.97 Å². The fraction of sp³-hybridized carbons (Fsp3) is 0.800. The predicted molar refractivity (Wildman–Crippen MR) is 78.3 cm³/mol. The Morgan fingerprint density at radius 2 is 2.18 bits per heavy atom. The molecule has 0 aromatic heterocycles. The normalized spacial score (nSPS) is 35.0. The lowest BCUT2D eigenvalue weighted by Gasteiger charge is -2.40. The minimum Gasteiger partial charge on any atom is -0.632 e. The lowest BCUT2D eigenvalue weighted by atomic mass is 9.85. The number of nitrogens with zero attached hydrogens (tertiary/aromatic N) is 1. The van der Waals surface area contributed by atoms with Crippen molar-refractivity contribution in [1.82, 2.24) is 0 Å². The molecule has 5 atom stereocenters. The second-order valence-electron chi connectivity index (χ2n) is 6.67. The molecule has 7 heteroatoms. The van der Waals surface area contributed by atoms with Crippen LogP contribution in [0.1, 0.15) is 27.2 Å². The Balaban J connectivity index is 2.03. The zero-order valence-electron chi connectivity index (χ0n) is 13.2. The van der Waals surface area contributed by atoms with E-state index < -0.39 is 40.4 Å². The molecule has 0 aromatic carbocycles. The number of aliphatic hydroxyl groups excluding tert-OH is 2. The molecule has 126 valence electrons. The van der Waals surface area contributed by atoms with Crippen LogP contribution in [-0.4, -0.2) is 69.5 Å². The van der Waals surface area contributed by atoms with E-state index in [1.165, 1.54) is 6.92 Å². The molecule has 2 aliphatic heterocycles. The summed E-state index contributed by atoms with van der Waals surface area (Å²) in [6.07, 6.45) is 0.127. The van der Waals surface area contributed by atoms with Crippen LogP contribution in [-0.2, 0) is 9.53 Å². The number of esters is 1. The number of ether oxygens (including phenoxy) is 1. The van der Waals surface area contributed by atoms with E-state index >= 15 is 0 Å². The standard InChI is InChI=1S/C15H25NO6/c1-9(2)15(20,10(3)17)14(19)22-8-11-4-6-16(21)7-5-12(18)13(11)16/h4,9-10,12-13,17-18,20H,5-8H2,1-3H3/t10?,12-,13-,15-,16?/m1/s1. The number of hydroxylamine groups is 3. The Bertz CT molecular complexity index is 467. The number of hydrogen-bond donors (Lipinski definition) is 3. The third-order valence-electron chi connectivity index (χ3n) is 4.93. The summed E-state index contributed by atoms with van der Waals surface area (Å²) in [5.41, 5.74) is -1.40. The van der Waals surface area contributed by atoms with Crippen LogP contribution in [0.4, 0.5) is 0 Å². The molecular weight excluding hydrogens is 290 g/mol. The lowest BCUT2D eigenvalue weighted by Crippen LogP contribution is -2.53. The molecule has 0 aliphatic carbocycles. The van der Waals surface area contributed by atoms with Crippen LogP contribution < -0.4 is 0 Å². The van der Waals surface area contributed by atoms with Crippen LogP contribution in [0.15, 0.2) is 11.6 Å². The fourth-order valence-corrected chi connectivity index (χ4v) is 3.41. The summed E-state index contributed by atoms with van der Waals surface area (Å²) in [5, 5.41) is 42.4. The summed E-state index contributed by atoms with van der Waals surface area (Å²) < 4.78 is 4.64. The highest BCUT2D eigenvalue weighted by Gasteiger charge is 2.49. The Morgan fingerprint density at radius 3 is 2.73 bits per heavy atom. The van der Waals surface area contributed by atoms with Gasteiger partial charge < -0.3 is 29.9 Å². The van der Waals surface area contributed by atoms with Gasteiger partial charge in [0, 0.05) is 12.0 Å². The van der Waals surface area contributed by atoms with Crippen molar-refractivity contribution in [3.05, 3.63) is 16.9 Å². The molecule has 22 heavy (non-hydrogen) atoms. The number of rotatable bonds is 5. The molecule has 0 spiro atoms. The van der Waals surface area contributed by atoms with Crippen molar-refractivity contribution in [1.29, 1.82) is 0 Å². The van der Waals surface area contributed by atoms with Crippen LogP contribution in [0.3, 0.4) is 0 Å². The van der Waals surface area contributed by atoms with Crippen molar-refractivity contribution in [2.75, 3.05) is 19.7 Å². The van der Waals surface area contributed by atoms with Gasteiger partial charge in [0.15, 0.2) is 5.60 Å². The molecule has 1 fully saturated rings. The van der Waals surface area contributed by atoms with Gasteiger partial charge in [-0.05, 0) is 18.9 Å². The van der Waals surface area contributed by atoms with Gasteiger partial charge in [0.05, 0.1) is 19.2 Å². The van der Waals surface area contributed by atoms with E-state index in [9.17, 15) is 25.3 Å². The summed E-state index contributed by atoms with van der Waals surface area (Å²) >= 11 is 0. The van der Waals surface area contributed by atoms with Gasteiger partial charge in [-0.15, -0.1) is 0 Å². The highest BCUT2D eigenvalue weighted by atomic mass is 16.6. The highest BCUT2D eigenvalue weighted by Crippen LogP contribution is 2.36. The van der Waals surface area contributed by atoms with Gasteiger partial charge in [-0.3, -0.25) is 0 Å². The van der Waals surface area contributed by atoms with Crippen LogP contribution in [0.5, 0.6) is 0 Å². The van der Waals surface area contributed by atoms with E-state index in [-0.39, 0.29) is 13.2 Å². The Morgan fingerprint density at radius 1 is 1.55 bits per heavy atom. The minimum absolute atomic E-state index is 0.148. The number of fused-ring (bicyclic) bond motifs is 1. The van der Waals surface area contributed by atoms with E-state index in [1.807, 2.05) is 0 Å². The average molecular weight is 315 g/mol. The number of carbonyl (C=O) groups excluding carboxylic acids is 1. The molecule has 1 saturated heterocycles. The first-order chi connectivity index (χ1) is 10.1. The molecule has 0 saturated carbocycles. The van der Waals surface area contributed by atoms with Crippen molar-refractivity contribution in [3.63, 3.8) is 0 Å². The third kappa shape index (κ3) is 2.68. The van der Waals surface area contributed by atoms with Crippen molar-refractivity contribution < 1.29 is 29.5 Å². The summed E-state index contributed by atoms with van der Waals surface area (Å²) in [6, 6.07) is -0.591. The number of aliphatic hydroxyl groups is 3. The molecule has 0 bridgehead atoms. The van der Waals surface area contributed by atoms with Gasteiger partial charge in [-0.25, -0.2) is 4.79 Å². The number of quaternary nitrogens is 1. The molecule has 0 radical (unpaired) electrons. The third-order valence-corrected chi connectivity index (χ3v) is 4.93. The zero-order valence-corrected chi connectivity index (χ0v) is 13.2. The van der Waals surface area contributed by atoms with Crippen molar-refractivity contribution in [3.8, 4) is 0 Å². The average Bonchev–Trinajstić information content (AvgIpc) is 2.92. The predicted octanol–water partition coefficient (Wildman–Crippen LogP) is -0.315. The molecule has 0 amide bonds. The summed E-state index contributed by atoms with van der Waals surface area (Å²) in [4.78, 5) is 12.2. The van der Waals surface area contributed by atoms with E-state index in [4.69, 9.17) is 4.74 Å². The lowest BCUT2D eigenvalue weighted by molar-refractivity contribution is -0.877. The van der Waals surface area contributed by atoms with Crippen LogP contribution >= 0.6 is 0 Å². The van der Waals surface area contributed by atoms with Gasteiger partial charge in [0.2, 0.25) is 0 Å². The van der Waals surface area contributed by atoms with Gasteiger partial charge in [-0.1, -0.05) is 13.8 Å². The zero-order chi connectivity index (χ0) is 16.7. The quantitative estimate of drug-likeness (QED) is 0.278. The van der Waals surface area contributed by atoms with Gasteiger partial charge in [-0.2, -0.15) is 0 Å². The maximum atomic E-state index is 12.4. The molecule has 2 rings (SSSR count). The summed E-state index contributed by atoms with van der Waals surface area (Å²) in [7, 11) is 0. The summed E-state index contributed by atoms with van der Waals surface area (Å²) in [5.74, 6) is -1.44. The molecule has 2 unspecified atom stereocenters. The van der Waals surface area contributed by atoms with Crippen molar-refractivity contribution >= 4 is 5.97 Å². The van der Waals surface area contributed by atoms with E-state index in [0.717, 1.165) is 0 Å². The fourth-order valence-electron chi connectivity index (χ4n) is 3.41. The topological polar surface area (TPSA) is 110 Å². The molecular formula is C15H25NO6. The van der Waals surface area contributed by atoms with Gasteiger partial charge in [0.1, 0.15) is 18.8 Å². The van der Waals surface area contributed by atoms with E-state index in [0.29, 0.717) is 18.5 Å². The van der Waals surface area contributed by atoms with Crippen molar-refractivity contribution in [2.24, 2.45) is 5.92 Å². The van der Waals surface area contributed by atoms with E-state index in [1.54, 1.807) is 19.9 Å².